The van der Waals surface area contributed by atoms with Gasteiger partial charge in [-0.1, -0.05) is 36.6 Å². The standard InChI is InChI=1S/C16H25ClN2/c1-14(15-6-8-16(17)9-7-15)18-10-13-19-11-4-2-3-5-12-19/h6-9,14,18H,2-5,10-13H2,1H3. The van der Waals surface area contributed by atoms with Crippen LogP contribution >= 0.6 is 11.6 Å². The van der Waals surface area contributed by atoms with Crippen LogP contribution in [0.15, 0.2) is 24.3 Å². The van der Waals surface area contributed by atoms with Crippen molar-refractivity contribution in [2.24, 2.45) is 0 Å². The lowest BCUT2D eigenvalue weighted by Crippen LogP contribution is -2.33. The molecule has 19 heavy (non-hydrogen) atoms. The number of hydrogen-bond acceptors (Lipinski definition) is 2. The van der Waals surface area contributed by atoms with E-state index in [2.05, 4.69) is 29.3 Å². The lowest BCUT2D eigenvalue weighted by molar-refractivity contribution is 0.280. The van der Waals surface area contributed by atoms with E-state index in [-0.39, 0.29) is 0 Å². The number of nitrogens with zero attached hydrogens (tertiary/aromatic N) is 1. The summed E-state index contributed by atoms with van der Waals surface area (Å²) in [6.07, 6.45) is 5.55. The van der Waals surface area contributed by atoms with Crippen molar-refractivity contribution in [1.82, 2.24) is 10.2 Å². The van der Waals surface area contributed by atoms with Gasteiger partial charge in [0.2, 0.25) is 0 Å². The third-order valence-electron chi connectivity index (χ3n) is 3.95. The summed E-state index contributed by atoms with van der Waals surface area (Å²) in [6.45, 7) is 6.99. The third kappa shape index (κ3) is 5.13. The fourth-order valence-corrected chi connectivity index (χ4v) is 2.79. The van der Waals surface area contributed by atoms with E-state index in [0.717, 1.165) is 18.1 Å². The summed E-state index contributed by atoms with van der Waals surface area (Å²) in [7, 11) is 0. The van der Waals surface area contributed by atoms with Gasteiger partial charge in [0.25, 0.3) is 0 Å². The second kappa shape index (κ2) is 7.88. The maximum Gasteiger partial charge on any atom is 0.0406 e. The summed E-state index contributed by atoms with van der Waals surface area (Å²) in [5, 5.41) is 4.41. The molecule has 0 bridgehead atoms. The molecule has 1 saturated heterocycles. The van der Waals surface area contributed by atoms with Crippen LogP contribution in [0.2, 0.25) is 5.02 Å². The van der Waals surface area contributed by atoms with Crippen LogP contribution in [-0.2, 0) is 0 Å². The minimum absolute atomic E-state index is 0.393. The van der Waals surface area contributed by atoms with Gasteiger partial charge < -0.3 is 10.2 Å². The van der Waals surface area contributed by atoms with E-state index in [1.807, 2.05) is 12.1 Å². The van der Waals surface area contributed by atoms with Gasteiger partial charge in [-0.15, -0.1) is 0 Å². The molecule has 0 saturated carbocycles. The molecule has 1 N–H and O–H groups in total. The average Bonchev–Trinajstić information content (AvgIpc) is 2.68. The normalized spacial score (nSPS) is 19.1. The van der Waals surface area contributed by atoms with Gasteiger partial charge in [0.1, 0.15) is 0 Å². The Morgan fingerprint density at radius 1 is 1.11 bits per heavy atom. The minimum Gasteiger partial charge on any atom is -0.309 e. The summed E-state index contributed by atoms with van der Waals surface area (Å²) < 4.78 is 0. The molecular weight excluding hydrogens is 256 g/mol. The molecule has 0 aliphatic carbocycles. The van der Waals surface area contributed by atoms with E-state index >= 15 is 0 Å². The van der Waals surface area contributed by atoms with Gasteiger partial charge in [-0.25, -0.2) is 0 Å². The molecule has 1 aliphatic heterocycles. The first-order valence-electron chi connectivity index (χ1n) is 7.47. The van der Waals surface area contributed by atoms with Crippen LogP contribution in [0.1, 0.15) is 44.2 Å². The molecule has 0 radical (unpaired) electrons. The zero-order valence-corrected chi connectivity index (χ0v) is 12.6. The van der Waals surface area contributed by atoms with E-state index in [1.54, 1.807) is 0 Å². The SMILES string of the molecule is CC(NCCN1CCCCCC1)c1ccc(Cl)cc1. The Labute approximate surface area is 122 Å². The molecule has 3 heteroatoms. The zero-order chi connectivity index (χ0) is 13.5. The molecule has 1 aromatic carbocycles. The van der Waals surface area contributed by atoms with Gasteiger partial charge in [-0.2, -0.15) is 0 Å². The van der Waals surface area contributed by atoms with Crippen LogP contribution in [0, 0.1) is 0 Å². The highest BCUT2D eigenvalue weighted by molar-refractivity contribution is 6.30. The maximum absolute atomic E-state index is 5.91. The highest BCUT2D eigenvalue weighted by Crippen LogP contribution is 2.16. The number of nitrogens with one attached hydrogen (secondary N) is 1. The van der Waals surface area contributed by atoms with Crippen molar-refractivity contribution in [3.8, 4) is 0 Å². The van der Waals surface area contributed by atoms with Crippen LogP contribution in [0.25, 0.3) is 0 Å². The maximum atomic E-state index is 5.91. The Hall–Kier alpha value is -0.570. The molecule has 1 heterocycles. The minimum atomic E-state index is 0.393. The van der Waals surface area contributed by atoms with Gasteiger partial charge in [-0.3, -0.25) is 0 Å². The summed E-state index contributed by atoms with van der Waals surface area (Å²) in [4.78, 5) is 2.59. The van der Waals surface area contributed by atoms with Crippen LogP contribution < -0.4 is 5.32 Å². The fraction of sp³-hybridized carbons (Fsp3) is 0.625. The van der Waals surface area contributed by atoms with Crippen LogP contribution in [-0.4, -0.2) is 31.1 Å². The first-order chi connectivity index (χ1) is 9.25. The van der Waals surface area contributed by atoms with E-state index in [1.165, 1.54) is 44.3 Å². The Balaban J connectivity index is 1.71. The highest BCUT2D eigenvalue weighted by Gasteiger charge is 2.09. The summed E-state index contributed by atoms with van der Waals surface area (Å²) in [5.74, 6) is 0. The molecule has 1 unspecified atom stereocenters. The number of likely N-dealkylation sites (tertiary alicyclic amines) is 1. The average molecular weight is 281 g/mol. The molecule has 2 nitrogen and oxygen atoms in total. The molecule has 0 aromatic heterocycles. The van der Waals surface area contributed by atoms with Gasteiger partial charge in [0.05, 0.1) is 0 Å². The van der Waals surface area contributed by atoms with Crippen molar-refractivity contribution in [1.29, 1.82) is 0 Å². The van der Waals surface area contributed by atoms with E-state index in [0.29, 0.717) is 6.04 Å². The van der Waals surface area contributed by atoms with Crippen LogP contribution in [0.5, 0.6) is 0 Å². The van der Waals surface area contributed by atoms with Gasteiger partial charge in [0, 0.05) is 24.2 Å². The molecule has 1 aliphatic rings. The first kappa shape index (κ1) is 14.8. The zero-order valence-electron chi connectivity index (χ0n) is 11.9. The fourth-order valence-electron chi connectivity index (χ4n) is 2.67. The Bertz CT molecular complexity index is 356. The number of halogens is 1. The lowest BCUT2D eigenvalue weighted by Gasteiger charge is -2.21. The Morgan fingerprint density at radius 2 is 1.74 bits per heavy atom. The number of rotatable bonds is 5. The van der Waals surface area contributed by atoms with Crippen molar-refractivity contribution in [3.63, 3.8) is 0 Å². The lowest BCUT2D eigenvalue weighted by atomic mass is 10.1. The number of hydrogen-bond donors (Lipinski definition) is 1. The van der Waals surface area contributed by atoms with Gasteiger partial charge in [-0.05, 0) is 50.6 Å². The summed E-state index contributed by atoms with van der Waals surface area (Å²) in [6, 6.07) is 8.52. The predicted molar refractivity (Wildman–Crippen MR) is 82.8 cm³/mol. The third-order valence-corrected chi connectivity index (χ3v) is 4.20. The van der Waals surface area contributed by atoms with E-state index in [9.17, 15) is 0 Å². The smallest absolute Gasteiger partial charge is 0.0406 e. The van der Waals surface area contributed by atoms with E-state index < -0.39 is 0 Å². The molecule has 0 amide bonds. The molecule has 106 valence electrons. The quantitative estimate of drug-likeness (QED) is 0.881. The summed E-state index contributed by atoms with van der Waals surface area (Å²) in [5.41, 5.74) is 1.31. The Morgan fingerprint density at radius 3 is 2.37 bits per heavy atom. The number of benzene rings is 1. The predicted octanol–water partition coefficient (Wildman–Crippen LogP) is 3.87. The second-order valence-corrected chi connectivity index (χ2v) is 5.92. The Kier molecular flexibility index (Phi) is 6.15. The van der Waals surface area contributed by atoms with Crippen LogP contribution in [0.4, 0.5) is 0 Å². The highest BCUT2D eigenvalue weighted by atomic mass is 35.5. The summed E-state index contributed by atoms with van der Waals surface area (Å²) >= 11 is 5.91. The molecule has 1 fully saturated rings. The monoisotopic (exact) mass is 280 g/mol. The molecule has 2 rings (SSSR count). The van der Waals surface area contributed by atoms with E-state index in [4.69, 9.17) is 11.6 Å². The molecular formula is C16H25ClN2. The first-order valence-corrected chi connectivity index (χ1v) is 7.85. The van der Waals surface area contributed by atoms with Gasteiger partial charge in [0.15, 0.2) is 0 Å². The van der Waals surface area contributed by atoms with Crippen molar-refractivity contribution in [3.05, 3.63) is 34.9 Å². The van der Waals surface area contributed by atoms with Gasteiger partial charge >= 0.3 is 0 Å². The topological polar surface area (TPSA) is 15.3 Å². The van der Waals surface area contributed by atoms with Crippen LogP contribution in [0.3, 0.4) is 0 Å². The van der Waals surface area contributed by atoms with Crippen molar-refractivity contribution in [2.75, 3.05) is 26.2 Å². The molecule has 1 aromatic rings. The largest absolute Gasteiger partial charge is 0.309 e. The van der Waals surface area contributed by atoms with Crippen molar-refractivity contribution < 1.29 is 0 Å². The molecule has 0 spiro atoms. The van der Waals surface area contributed by atoms with Crippen molar-refractivity contribution >= 4 is 11.6 Å². The van der Waals surface area contributed by atoms with Crippen molar-refractivity contribution in [2.45, 2.75) is 38.6 Å². The second-order valence-electron chi connectivity index (χ2n) is 5.48. The molecule has 1 atom stereocenters.